The Hall–Kier alpha value is -0.630. The monoisotopic (exact) mass is 409 g/mol. The van der Waals surface area contributed by atoms with Crippen molar-refractivity contribution in [2.45, 2.75) is 45.4 Å². The molecule has 9 heteroatoms. The van der Waals surface area contributed by atoms with E-state index in [0.717, 1.165) is 50.0 Å². The van der Waals surface area contributed by atoms with E-state index in [0.29, 0.717) is 13.0 Å². The third-order valence-corrected chi connectivity index (χ3v) is 6.16. The van der Waals surface area contributed by atoms with Crippen LogP contribution in [-0.4, -0.2) is 52.9 Å². The highest BCUT2D eigenvalue weighted by Gasteiger charge is 2.35. The summed E-state index contributed by atoms with van der Waals surface area (Å²) in [5.74, 6) is 1.11. The van der Waals surface area contributed by atoms with Crippen LogP contribution in [0, 0.1) is 12.3 Å². The van der Waals surface area contributed by atoms with Crippen LogP contribution in [0.15, 0.2) is 0 Å². The molecule has 25 heavy (non-hydrogen) atoms. The van der Waals surface area contributed by atoms with Crippen LogP contribution in [0.25, 0.3) is 0 Å². The molecule has 2 N–H and O–H groups in total. The van der Waals surface area contributed by atoms with E-state index in [-0.39, 0.29) is 36.1 Å². The van der Waals surface area contributed by atoms with Crippen molar-refractivity contribution in [3.05, 3.63) is 5.82 Å². The maximum absolute atomic E-state index is 12.7. The van der Waals surface area contributed by atoms with Gasteiger partial charge in [0.2, 0.25) is 11.0 Å². The van der Waals surface area contributed by atoms with Crippen molar-refractivity contribution >= 4 is 47.4 Å². The first-order valence-electron chi connectivity index (χ1n) is 8.65. The molecule has 0 atom stereocenters. The summed E-state index contributed by atoms with van der Waals surface area (Å²) in [4.78, 5) is 21.4. The van der Waals surface area contributed by atoms with Crippen LogP contribution >= 0.6 is 36.3 Å². The standard InChI is InChI=1S/C16H27N5OS.2ClH/c1-13-18-15(23-19-13)21-9-7-20(8-10-21)14(22)11-16(12-17)5-3-2-4-6-16;;/h2-12,17H2,1H3;2*1H. The Kier molecular flexibility index (Phi) is 8.87. The summed E-state index contributed by atoms with van der Waals surface area (Å²) in [6.45, 7) is 5.79. The van der Waals surface area contributed by atoms with E-state index in [1.807, 2.05) is 11.8 Å². The lowest BCUT2D eigenvalue weighted by Crippen LogP contribution is -2.50. The highest BCUT2D eigenvalue weighted by molar-refractivity contribution is 7.09. The maximum atomic E-state index is 12.7. The summed E-state index contributed by atoms with van der Waals surface area (Å²) in [7, 11) is 0. The van der Waals surface area contributed by atoms with Crippen molar-refractivity contribution in [1.29, 1.82) is 0 Å². The van der Waals surface area contributed by atoms with Gasteiger partial charge in [0.05, 0.1) is 0 Å². The molecule has 1 aromatic rings. The van der Waals surface area contributed by atoms with Crippen LogP contribution in [0.3, 0.4) is 0 Å². The van der Waals surface area contributed by atoms with Crippen LogP contribution in [0.4, 0.5) is 5.13 Å². The van der Waals surface area contributed by atoms with Crippen molar-refractivity contribution in [2.75, 3.05) is 37.6 Å². The zero-order chi connectivity index (χ0) is 16.3. The average molecular weight is 410 g/mol. The van der Waals surface area contributed by atoms with Crippen molar-refractivity contribution in [3.8, 4) is 0 Å². The SMILES string of the molecule is Cc1nsc(N2CCN(C(=O)CC3(CN)CCCCC3)CC2)n1.Cl.Cl. The Balaban J connectivity index is 0.00000156. The number of nitrogens with two attached hydrogens (primary N) is 1. The molecule has 0 aromatic carbocycles. The molecule has 1 aliphatic heterocycles. The average Bonchev–Trinajstić information content (AvgIpc) is 3.02. The molecule has 2 fully saturated rings. The first-order chi connectivity index (χ1) is 11.1. The van der Waals surface area contributed by atoms with Crippen LogP contribution in [0.5, 0.6) is 0 Å². The van der Waals surface area contributed by atoms with Crippen LogP contribution < -0.4 is 10.6 Å². The summed E-state index contributed by atoms with van der Waals surface area (Å²) >= 11 is 1.44. The normalized spacial score (nSPS) is 19.8. The highest BCUT2D eigenvalue weighted by Crippen LogP contribution is 2.38. The Labute approximate surface area is 166 Å². The lowest BCUT2D eigenvalue weighted by atomic mass is 9.71. The Morgan fingerprint density at radius 2 is 1.80 bits per heavy atom. The maximum Gasteiger partial charge on any atom is 0.223 e. The van der Waals surface area contributed by atoms with E-state index < -0.39 is 0 Å². The van der Waals surface area contributed by atoms with Gasteiger partial charge in [-0.3, -0.25) is 4.79 Å². The molecular weight excluding hydrogens is 381 g/mol. The second-order valence-electron chi connectivity index (χ2n) is 6.93. The largest absolute Gasteiger partial charge is 0.343 e. The third-order valence-electron chi connectivity index (χ3n) is 5.29. The van der Waals surface area contributed by atoms with Gasteiger partial charge in [-0.1, -0.05) is 19.3 Å². The van der Waals surface area contributed by atoms with Gasteiger partial charge >= 0.3 is 0 Å². The molecule has 144 valence electrons. The number of rotatable bonds is 4. The summed E-state index contributed by atoms with van der Waals surface area (Å²) in [5.41, 5.74) is 6.08. The van der Waals surface area contributed by atoms with Gasteiger partial charge in [0.15, 0.2) is 0 Å². The first kappa shape index (κ1) is 22.4. The number of aryl methyl sites for hydroxylation is 1. The minimum absolute atomic E-state index is 0. The van der Waals surface area contributed by atoms with Crippen molar-refractivity contribution < 1.29 is 4.79 Å². The molecular formula is C16H29Cl2N5OS. The fourth-order valence-corrected chi connectivity index (χ4v) is 4.47. The number of carbonyl (C=O) groups excluding carboxylic acids is 1. The van der Waals surface area contributed by atoms with E-state index >= 15 is 0 Å². The second kappa shape index (κ2) is 9.90. The van der Waals surface area contributed by atoms with Crippen molar-refractivity contribution in [3.63, 3.8) is 0 Å². The predicted molar refractivity (Wildman–Crippen MR) is 107 cm³/mol. The number of anilines is 1. The number of nitrogens with zero attached hydrogens (tertiary/aromatic N) is 4. The fraction of sp³-hybridized carbons (Fsp3) is 0.812. The van der Waals surface area contributed by atoms with Gasteiger partial charge in [-0.15, -0.1) is 24.8 Å². The van der Waals surface area contributed by atoms with Gasteiger partial charge in [0, 0.05) is 44.1 Å². The Morgan fingerprint density at radius 1 is 1.16 bits per heavy atom. The van der Waals surface area contributed by atoms with Crippen LogP contribution in [0.1, 0.15) is 44.3 Å². The number of halogens is 2. The number of carbonyl (C=O) groups is 1. The minimum Gasteiger partial charge on any atom is -0.343 e. The molecule has 0 bridgehead atoms. The van der Waals surface area contributed by atoms with Gasteiger partial charge in [-0.05, 0) is 31.7 Å². The molecule has 6 nitrogen and oxygen atoms in total. The number of aromatic nitrogens is 2. The van der Waals surface area contributed by atoms with Gasteiger partial charge in [-0.25, -0.2) is 4.98 Å². The number of hydrogen-bond donors (Lipinski definition) is 1. The fourth-order valence-electron chi connectivity index (χ4n) is 3.75. The van der Waals surface area contributed by atoms with E-state index in [4.69, 9.17) is 5.73 Å². The molecule has 1 aromatic heterocycles. The Morgan fingerprint density at radius 3 is 2.32 bits per heavy atom. The minimum atomic E-state index is 0. The van der Waals surface area contributed by atoms with E-state index in [1.165, 1.54) is 30.8 Å². The van der Waals surface area contributed by atoms with Crippen molar-refractivity contribution in [2.24, 2.45) is 11.1 Å². The number of piperazine rings is 1. The summed E-state index contributed by atoms with van der Waals surface area (Å²) < 4.78 is 4.24. The van der Waals surface area contributed by atoms with Crippen LogP contribution in [-0.2, 0) is 4.79 Å². The summed E-state index contributed by atoms with van der Waals surface area (Å²) in [6, 6.07) is 0. The molecule has 2 heterocycles. The molecule has 3 rings (SSSR count). The Bertz CT molecular complexity index is 542. The highest BCUT2D eigenvalue weighted by atomic mass is 35.5. The molecule has 1 saturated heterocycles. The molecule has 0 spiro atoms. The second-order valence-corrected chi connectivity index (χ2v) is 7.66. The third kappa shape index (κ3) is 5.42. The van der Waals surface area contributed by atoms with E-state index in [1.54, 1.807) is 0 Å². The topological polar surface area (TPSA) is 75.4 Å². The first-order valence-corrected chi connectivity index (χ1v) is 9.42. The molecule has 1 saturated carbocycles. The lowest BCUT2D eigenvalue weighted by molar-refractivity contribution is -0.134. The quantitative estimate of drug-likeness (QED) is 0.826. The molecule has 1 aliphatic carbocycles. The molecule has 2 aliphatic rings. The van der Waals surface area contributed by atoms with Crippen LogP contribution in [0.2, 0.25) is 0 Å². The van der Waals surface area contributed by atoms with Gasteiger partial charge < -0.3 is 15.5 Å². The molecule has 0 radical (unpaired) electrons. The molecule has 0 unspecified atom stereocenters. The number of amides is 1. The zero-order valence-electron chi connectivity index (χ0n) is 14.8. The number of hydrogen-bond acceptors (Lipinski definition) is 6. The smallest absolute Gasteiger partial charge is 0.223 e. The summed E-state index contributed by atoms with van der Waals surface area (Å²) in [5, 5.41) is 0.973. The van der Waals surface area contributed by atoms with E-state index in [9.17, 15) is 4.79 Å². The lowest BCUT2D eigenvalue weighted by Gasteiger charge is -2.39. The molecule has 1 amide bonds. The van der Waals surface area contributed by atoms with Crippen molar-refractivity contribution in [1.82, 2.24) is 14.3 Å². The van der Waals surface area contributed by atoms with Gasteiger partial charge in [0.25, 0.3) is 0 Å². The van der Waals surface area contributed by atoms with E-state index in [2.05, 4.69) is 14.3 Å². The summed E-state index contributed by atoms with van der Waals surface area (Å²) in [6.07, 6.45) is 6.57. The van der Waals surface area contributed by atoms with Gasteiger partial charge in [-0.2, -0.15) is 4.37 Å². The predicted octanol–water partition coefficient (Wildman–Crippen LogP) is 2.64. The zero-order valence-corrected chi connectivity index (χ0v) is 17.2. The van der Waals surface area contributed by atoms with Gasteiger partial charge in [0.1, 0.15) is 5.82 Å².